The zero-order chi connectivity index (χ0) is 12.3. The summed E-state index contributed by atoms with van der Waals surface area (Å²) in [6.07, 6.45) is 9.11. The summed E-state index contributed by atoms with van der Waals surface area (Å²) in [4.78, 5) is 4.31. The first-order valence-corrected chi connectivity index (χ1v) is 5.51. The Bertz CT molecular complexity index is 549. The van der Waals surface area contributed by atoms with Gasteiger partial charge in [-0.3, -0.25) is 0 Å². The summed E-state index contributed by atoms with van der Waals surface area (Å²) in [7, 11) is 1.98. The lowest BCUT2D eigenvalue weighted by molar-refractivity contribution is 0.722. The molecule has 0 fully saturated rings. The Morgan fingerprint density at radius 2 is 2.29 bits per heavy atom. The van der Waals surface area contributed by atoms with Crippen molar-refractivity contribution in [3.8, 4) is 12.3 Å². The second kappa shape index (κ2) is 4.75. The summed E-state index contributed by atoms with van der Waals surface area (Å²) >= 11 is 0. The summed E-state index contributed by atoms with van der Waals surface area (Å²) in [6.45, 7) is 2.07. The average molecular weight is 225 g/mol. The second-order valence-electron chi connectivity index (χ2n) is 3.99. The maximum absolute atomic E-state index is 5.37. The summed E-state index contributed by atoms with van der Waals surface area (Å²) < 4.78 is 2.00. The number of hydrogen-bond acceptors (Lipinski definition) is 2. The molecule has 86 valence electrons. The fourth-order valence-electron chi connectivity index (χ4n) is 1.81. The van der Waals surface area contributed by atoms with E-state index in [2.05, 4.69) is 23.1 Å². The maximum Gasteiger partial charge on any atom is 0.130 e. The van der Waals surface area contributed by atoms with E-state index in [0.717, 1.165) is 17.1 Å². The van der Waals surface area contributed by atoms with Crippen LogP contribution >= 0.6 is 0 Å². The van der Waals surface area contributed by atoms with Gasteiger partial charge in [0.2, 0.25) is 0 Å². The molecule has 0 aliphatic heterocycles. The van der Waals surface area contributed by atoms with Crippen LogP contribution in [0.25, 0.3) is 0 Å². The second-order valence-corrected chi connectivity index (χ2v) is 3.99. The Balaban J connectivity index is 2.16. The predicted octanol–water partition coefficient (Wildman–Crippen LogP) is 2.57. The van der Waals surface area contributed by atoms with Crippen LogP contribution in [0.1, 0.15) is 24.4 Å². The highest BCUT2D eigenvalue weighted by Gasteiger charge is 2.09. The molecule has 0 amide bonds. The van der Waals surface area contributed by atoms with E-state index in [9.17, 15) is 0 Å². The lowest BCUT2D eigenvalue weighted by Crippen LogP contribution is -2.11. The molecule has 0 spiro atoms. The van der Waals surface area contributed by atoms with Crippen LogP contribution in [-0.4, -0.2) is 9.55 Å². The SMILES string of the molecule is C#Cc1cccc(NC(C)c2nccn2C)c1. The first-order chi connectivity index (χ1) is 8.20. The van der Waals surface area contributed by atoms with Gasteiger partial charge in [0, 0.05) is 30.7 Å². The summed E-state index contributed by atoms with van der Waals surface area (Å²) in [5.41, 5.74) is 1.89. The molecule has 3 nitrogen and oxygen atoms in total. The van der Waals surface area contributed by atoms with Crippen LogP contribution in [0.2, 0.25) is 0 Å². The van der Waals surface area contributed by atoms with Crippen molar-refractivity contribution < 1.29 is 0 Å². The van der Waals surface area contributed by atoms with Gasteiger partial charge in [-0.2, -0.15) is 0 Å². The Labute approximate surface area is 102 Å². The van der Waals surface area contributed by atoms with Crippen molar-refractivity contribution in [2.24, 2.45) is 7.05 Å². The Morgan fingerprint density at radius 1 is 1.47 bits per heavy atom. The van der Waals surface area contributed by atoms with Gasteiger partial charge in [-0.05, 0) is 25.1 Å². The van der Waals surface area contributed by atoms with Gasteiger partial charge < -0.3 is 9.88 Å². The van der Waals surface area contributed by atoms with E-state index in [1.165, 1.54) is 0 Å². The summed E-state index contributed by atoms with van der Waals surface area (Å²) in [5.74, 6) is 3.62. The quantitative estimate of drug-likeness (QED) is 0.814. The molecule has 0 radical (unpaired) electrons. The molecule has 0 saturated heterocycles. The van der Waals surface area contributed by atoms with E-state index in [-0.39, 0.29) is 6.04 Å². The van der Waals surface area contributed by atoms with Crippen molar-refractivity contribution >= 4 is 5.69 Å². The molecule has 0 saturated carbocycles. The predicted molar refractivity (Wildman–Crippen MR) is 69.6 cm³/mol. The van der Waals surface area contributed by atoms with Crippen molar-refractivity contribution in [2.45, 2.75) is 13.0 Å². The highest BCUT2D eigenvalue weighted by Crippen LogP contribution is 2.18. The van der Waals surface area contributed by atoms with Crippen molar-refractivity contribution in [1.29, 1.82) is 0 Å². The average Bonchev–Trinajstić information content (AvgIpc) is 2.76. The van der Waals surface area contributed by atoms with Gasteiger partial charge >= 0.3 is 0 Å². The number of rotatable bonds is 3. The van der Waals surface area contributed by atoms with E-state index in [1.54, 1.807) is 6.20 Å². The number of benzene rings is 1. The van der Waals surface area contributed by atoms with Gasteiger partial charge in [-0.1, -0.05) is 12.0 Å². The number of terminal acetylenes is 1. The topological polar surface area (TPSA) is 29.9 Å². The number of imidazole rings is 1. The highest BCUT2D eigenvalue weighted by molar-refractivity contribution is 5.50. The van der Waals surface area contributed by atoms with E-state index in [4.69, 9.17) is 6.42 Å². The number of aromatic nitrogens is 2. The van der Waals surface area contributed by atoms with Crippen LogP contribution in [0.15, 0.2) is 36.7 Å². The molecule has 1 atom stereocenters. The number of hydrogen-bond donors (Lipinski definition) is 1. The minimum atomic E-state index is 0.142. The normalized spacial score (nSPS) is 11.8. The van der Waals surface area contributed by atoms with E-state index < -0.39 is 0 Å². The molecule has 2 rings (SSSR count). The lowest BCUT2D eigenvalue weighted by atomic mass is 10.2. The number of aryl methyl sites for hydroxylation is 1. The van der Waals surface area contributed by atoms with Gasteiger partial charge in [0.05, 0.1) is 6.04 Å². The molecule has 0 aliphatic rings. The standard InChI is InChI=1S/C14H15N3/c1-4-12-6-5-7-13(10-12)16-11(2)14-15-8-9-17(14)3/h1,5-11,16H,2-3H3. The monoisotopic (exact) mass is 225 g/mol. The molecule has 1 aromatic carbocycles. The van der Waals surface area contributed by atoms with Crippen LogP contribution in [0.5, 0.6) is 0 Å². The summed E-state index contributed by atoms with van der Waals surface area (Å²) in [6, 6.07) is 7.96. The van der Waals surface area contributed by atoms with Gasteiger partial charge in [0.1, 0.15) is 5.82 Å². The third-order valence-electron chi connectivity index (χ3n) is 2.66. The van der Waals surface area contributed by atoms with Gasteiger partial charge in [0.15, 0.2) is 0 Å². The molecular weight excluding hydrogens is 210 g/mol. The molecule has 0 bridgehead atoms. The van der Waals surface area contributed by atoms with Crippen molar-refractivity contribution in [3.05, 3.63) is 48.0 Å². The number of nitrogens with one attached hydrogen (secondary N) is 1. The molecule has 3 heteroatoms. The van der Waals surface area contributed by atoms with Gasteiger partial charge in [-0.25, -0.2) is 4.98 Å². The van der Waals surface area contributed by atoms with E-state index >= 15 is 0 Å². The molecule has 1 unspecified atom stereocenters. The Kier molecular flexibility index (Phi) is 3.15. The highest BCUT2D eigenvalue weighted by atomic mass is 15.1. The van der Waals surface area contributed by atoms with Gasteiger partial charge in [-0.15, -0.1) is 6.42 Å². The minimum absolute atomic E-state index is 0.142. The first kappa shape index (κ1) is 11.3. The molecule has 1 heterocycles. The molecular formula is C14H15N3. The van der Waals surface area contributed by atoms with Gasteiger partial charge in [0.25, 0.3) is 0 Å². The maximum atomic E-state index is 5.37. The minimum Gasteiger partial charge on any atom is -0.375 e. The molecule has 17 heavy (non-hydrogen) atoms. The molecule has 0 aliphatic carbocycles. The number of nitrogens with zero attached hydrogens (tertiary/aromatic N) is 2. The first-order valence-electron chi connectivity index (χ1n) is 5.51. The third kappa shape index (κ3) is 2.48. The summed E-state index contributed by atoms with van der Waals surface area (Å²) in [5, 5.41) is 3.38. The van der Waals surface area contributed by atoms with Crippen molar-refractivity contribution in [3.63, 3.8) is 0 Å². The largest absolute Gasteiger partial charge is 0.375 e. The van der Waals surface area contributed by atoms with Crippen molar-refractivity contribution in [1.82, 2.24) is 9.55 Å². The van der Waals surface area contributed by atoms with E-state index in [1.807, 2.05) is 42.1 Å². The third-order valence-corrected chi connectivity index (χ3v) is 2.66. The van der Waals surface area contributed by atoms with Crippen LogP contribution in [0, 0.1) is 12.3 Å². The molecule has 1 N–H and O–H groups in total. The van der Waals surface area contributed by atoms with Crippen LogP contribution in [0.4, 0.5) is 5.69 Å². The van der Waals surface area contributed by atoms with Crippen LogP contribution in [0.3, 0.4) is 0 Å². The Hall–Kier alpha value is -2.21. The van der Waals surface area contributed by atoms with Crippen molar-refractivity contribution in [2.75, 3.05) is 5.32 Å². The van der Waals surface area contributed by atoms with Crippen LogP contribution in [-0.2, 0) is 7.05 Å². The molecule has 2 aromatic rings. The lowest BCUT2D eigenvalue weighted by Gasteiger charge is -2.15. The Morgan fingerprint density at radius 3 is 2.94 bits per heavy atom. The number of anilines is 1. The molecule has 1 aromatic heterocycles. The fourth-order valence-corrected chi connectivity index (χ4v) is 1.81. The zero-order valence-electron chi connectivity index (χ0n) is 10.0. The van der Waals surface area contributed by atoms with Crippen LogP contribution < -0.4 is 5.32 Å². The fraction of sp³-hybridized carbons (Fsp3) is 0.214. The zero-order valence-corrected chi connectivity index (χ0v) is 10.0. The van der Waals surface area contributed by atoms with E-state index in [0.29, 0.717) is 0 Å². The smallest absolute Gasteiger partial charge is 0.130 e.